The van der Waals surface area contributed by atoms with E-state index in [1.807, 2.05) is 13.8 Å². The molecule has 7 heteroatoms. The van der Waals surface area contributed by atoms with Crippen molar-refractivity contribution in [2.75, 3.05) is 0 Å². The molecular formula is C19H14Cl2LiO4. The second-order valence-corrected chi connectivity index (χ2v) is 6.85. The molecule has 1 radical (unpaired) electrons. The van der Waals surface area contributed by atoms with Crippen molar-refractivity contribution in [3.63, 3.8) is 0 Å². The Kier molecular flexibility index (Phi) is 6.26. The van der Waals surface area contributed by atoms with Gasteiger partial charge >= 0.3 is 11.6 Å². The molecule has 0 aliphatic rings. The zero-order valence-corrected chi connectivity index (χ0v) is 16.0. The van der Waals surface area contributed by atoms with Gasteiger partial charge in [0.15, 0.2) is 0 Å². The Morgan fingerprint density at radius 1 is 1.12 bits per heavy atom. The molecule has 0 spiro atoms. The van der Waals surface area contributed by atoms with E-state index in [9.17, 15) is 14.7 Å². The first kappa shape index (κ1) is 20.6. The fourth-order valence-corrected chi connectivity index (χ4v) is 3.51. The molecule has 1 heterocycles. The van der Waals surface area contributed by atoms with Crippen LogP contribution < -0.4 is 5.63 Å². The van der Waals surface area contributed by atoms with E-state index < -0.39 is 11.6 Å². The second kappa shape index (κ2) is 7.90. The van der Waals surface area contributed by atoms with Crippen molar-refractivity contribution in [2.24, 2.45) is 0 Å². The second-order valence-electron chi connectivity index (χ2n) is 5.98. The molecule has 0 atom stereocenters. The van der Waals surface area contributed by atoms with Gasteiger partial charge < -0.3 is 9.52 Å². The molecule has 0 amide bonds. The normalized spacial score (nSPS) is 10.8. The van der Waals surface area contributed by atoms with E-state index in [4.69, 9.17) is 27.6 Å². The van der Waals surface area contributed by atoms with Crippen LogP contribution >= 0.6 is 23.2 Å². The quantitative estimate of drug-likeness (QED) is 0.498. The number of carboxylic acid groups (broad SMARTS) is 1. The van der Waals surface area contributed by atoms with Crippen LogP contribution in [0.4, 0.5) is 0 Å². The maximum Gasteiger partial charge on any atom is 0.351 e. The summed E-state index contributed by atoms with van der Waals surface area (Å²) < 4.78 is 5.39. The molecule has 1 N–H and O–H groups in total. The first-order chi connectivity index (χ1) is 11.8. The summed E-state index contributed by atoms with van der Waals surface area (Å²) in [4.78, 5) is 23.9. The molecule has 26 heavy (non-hydrogen) atoms. The SMILES string of the molecule is CC(C)c1c(C(=O)O)c(=O)oc2c(-c3cc(Cl)cc(Cl)c3)cccc12.[Li]. The smallest absolute Gasteiger partial charge is 0.351 e. The largest absolute Gasteiger partial charge is 0.477 e. The van der Waals surface area contributed by atoms with Crippen LogP contribution in [0, 0.1) is 0 Å². The van der Waals surface area contributed by atoms with E-state index in [0.717, 1.165) is 0 Å². The van der Waals surface area contributed by atoms with Gasteiger partial charge in [-0.2, -0.15) is 0 Å². The summed E-state index contributed by atoms with van der Waals surface area (Å²) >= 11 is 12.2. The number of halogens is 2. The van der Waals surface area contributed by atoms with Crippen LogP contribution in [0.1, 0.15) is 35.7 Å². The Balaban J connectivity index is 0.00000243. The van der Waals surface area contributed by atoms with E-state index in [0.29, 0.717) is 37.7 Å². The van der Waals surface area contributed by atoms with Crippen molar-refractivity contribution in [3.05, 3.63) is 68.0 Å². The van der Waals surface area contributed by atoms with Crippen molar-refractivity contribution in [1.29, 1.82) is 0 Å². The number of rotatable bonds is 3. The van der Waals surface area contributed by atoms with Crippen molar-refractivity contribution in [1.82, 2.24) is 0 Å². The zero-order valence-electron chi connectivity index (χ0n) is 14.5. The van der Waals surface area contributed by atoms with Gasteiger partial charge in [0.2, 0.25) is 0 Å². The van der Waals surface area contributed by atoms with Crippen molar-refractivity contribution in [3.8, 4) is 11.1 Å². The molecular weight excluding hydrogens is 370 g/mol. The van der Waals surface area contributed by atoms with Crippen molar-refractivity contribution >= 4 is 59.0 Å². The third kappa shape index (κ3) is 3.70. The fraction of sp³-hybridized carbons (Fsp3) is 0.158. The number of hydrogen-bond acceptors (Lipinski definition) is 3. The summed E-state index contributed by atoms with van der Waals surface area (Å²) in [7, 11) is 0. The van der Waals surface area contributed by atoms with Gasteiger partial charge in [0.05, 0.1) is 0 Å². The van der Waals surface area contributed by atoms with E-state index in [-0.39, 0.29) is 30.3 Å². The van der Waals surface area contributed by atoms with Gasteiger partial charge in [-0.15, -0.1) is 0 Å². The number of carboxylic acids is 1. The van der Waals surface area contributed by atoms with Crippen LogP contribution in [0.15, 0.2) is 45.6 Å². The molecule has 2 aromatic carbocycles. The van der Waals surface area contributed by atoms with E-state index in [2.05, 4.69) is 0 Å². The van der Waals surface area contributed by atoms with Crippen LogP contribution in [0.5, 0.6) is 0 Å². The number of fused-ring (bicyclic) bond motifs is 1. The van der Waals surface area contributed by atoms with Crippen molar-refractivity contribution < 1.29 is 14.3 Å². The Bertz CT molecular complexity index is 1040. The van der Waals surface area contributed by atoms with Gasteiger partial charge in [-0.3, -0.25) is 0 Å². The predicted octanol–water partition coefficient (Wildman–Crippen LogP) is 5.21. The van der Waals surface area contributed by atoms with Gasteiger partial charge in [-0.05, 0) is 35.2 Å². The first-order valence-electron chi connectivity index (χ1n) is 7.59. The average molecular weight is 384 g/mol. The van der Waals surface area contributed by atoms with Gasteiger partial charge in [-0.25, -0.2) is 9.59 Å². The van der Waals surface area contributed by atoms with Crippen LogP contribution in [-0.2, 0) is 0 Å². The summed E-state index contributed by atoms with van der Waals surface area (Å²) in [6.45, 7) is 3.67. The Morgan fingerprint density at radius 3 is 2.27 bits per heavy atom. The van der Waals surface area contributed by atoms with Crippen LogP contribution in [-0.4, -0.2) is 29.9 Å². The standard InChI is InChI=1S/C19H14Cl2O4.Li/c1-9(2)15-14-5-3-4-13(10-6-11(20)8-12(21)7-10)17(14)25-19(24)16(15)18(22)23;/h3-9H,1-2H3,(H,22,23);. The van der Waals surface area contributed by atoms with E-state index >= 15 is 0 Å². The molecule has 4 nitrogen and oxygen atoms in total. The molecule has 0 saturated carbocycles. The molecule has 0 bridgehead atoms. The zero-order chi connectivity index (χ0) is 18.3. The minimum absolute atomic E-state index is 0. The van der Waals surface area contributed by atoms with Crippen LogP contribution in [0.2, 0.25) is 10.0 Å². The van der Waals surface area contributed by atoms with Gasteiger partial charge in [0.1, 0.15) is 11.1 Å². The third-order valence-corrected chi connectivity index (χ3v) is 4.37. The molecule has 0 aliphatic carbocycles. The number of para-hydroxylation sites is 1. The minimum Gasteiger partial charge on any atom is -0.477 e. The molecule has 0 fully saturated rings. The first-order valence-corrected chi connectivity index (χ1v) is 8.34. The van der Waals surface area contributed by atoms with Crippen molar-refractivity contribution in [2.45, 2.75) is 19.8 Å². The van der Waals surface area contributed by atoms with E-state index in [1.54, 1.807) is 36.4 Å². The number of hydrogen-bond donors (Lipinski definition) is 1. The predicted molar refractivity (Wildman–Crippen MR) is 105 cm³/mol. The molecule has 129 valence electrons. The summed E-state index contributed by atoms with van der Waals surface area (Å²) in [5.41, 5.74) is 0.878. The topological polar surface area (TPSA) is 67.5 Å². The van der Waals surface area contributed by atoms with Gasteiger partial charge in [0.25, 0.3) is 0 Å². The van der Waals surface area contributed by atoms with Gasteiger partial charge in [-0.1, -0.05) is 55.2 Å². The summed E-state index contributed by atoms with van der Waals surface area (Å²) in [6, 6.07) is 10.3. The Hall–Kier alpha value is -1.70. The molecule has 3 rings (SSSR count). The Labute approximate surface area is 171 Å². The molecule has 0 unspecified atom stereocenters. The minimum atomic E-state index is -1.30. The number of benzene rings is 2. The number of carbonyl (C=O) groups is 1. The third-order valence-electron chi connectivity index (χ3n) is 3.94. The maximum absolute atomic E-state index is 12.3. The average Bonchev–Trinajstić information content (AvgIpc) is 2.51. The summed E-state index contributed by atoms with van der Waals surface area (Å²) in [5, 5.41) is 10.9. The molecule has 0 saturated heterocycles. The van der Waals surface area contributed by atoms with Crippen LogP contribution in [0.25, 0.3) is 22.1 Å². The number of aromatic carboxylic acids is 1. The van der Waals surface area contributed by atoms with E-state index in [1.165, 1.54) is 0 Å². The Morgan fingerprint density at radius 2 is 1.73 bits per heavy atom. The monoisotopic (exact) mass is 383 g/mol. The molecule has 3 aromatic rings. The summed E-state index contributed by atoms with van der Waals surface area (Å²) in [6.07, 6.45) is 0. The maximum atomic E-state index is 12.3. The molecule has 0 aliphatic heterocycles. The van der Waals surface area contributed by atoms with Gasteiger partial charge in [0, 0.05) is 39.9 Å². The summed E-state index contributed by atoms with van der Waals surface area (Å²) in [5.74, 6) is -1.47. The molecule has 1 aromatic heterocycles. The van der Waals surface area contributed by atoms with Crippen LogP contribution in [0.3, 0.4) is 0 Å². The fourth-order valence-electron chi connectivity index (χ4n) is 2.99.